The Labute approximate surface area is 233 Å². The van der Waals surface area contributed by atoms with Crippen LogP contribution < -0.4 is 16.4 Å². The molecule has 0 spiro atoms. The Bertz CT molecular complexity index is 895. The van der Waals surface area contributed by atoms with Crippen molar-refractivity contribution in [2.45, 2.75) is 135 Å². The molecule has 0 aromatic rings. The van der Waals surface area contributed by atoms with E-state index < -0.39 is 46.7 Å². The van der Waals surface area contributed by atoms with Gasteiger partial charge in [-0.05, 0) is 87.1 Å². The highest BCUT2D eigenvalue weighted by atomic mass is 16.6. The molecule has 0 radical (unpaired) electrons. The summed E-state index contributed by atoms with van der Waals surface area (Å²) in [4.78, 5) is 65.5. The summed E-state index contributed by atoms with van der Waals surface area (Å²) in [6.45, 7) is 14.1. The molecule has 3 unspecified atom stereocenters. The number of rotatable bonds is 16. The maximum absolute atomic E-state index is 13.9. The third kappa shape index (κ3) is 11.0. The summed E-state index contributed by atoms with van der Waals surface area (Å²) >= 11 is 0. The van der Waals surface area contributed by atoms with Crippen molar-refractivity contribution in [3.8, 4) is 0 Å². The lowest BCUT2D eigenvalue weighted by Gasteiger charge is -2.38. The second-order valence-electron chi connectivity index (χ2n) is 12.5. The number of nitrogens with one attached hydrogen (secondary N) is 2. The molecule has 1 amide bonds. The quantitative estimate of drug-likeness (QED) is 0.163. The average molecular weight is 555 g/mol. The minimum atomic E-state index is -1.30. The first-order chi connectivity index (χ1) is 17.8. The Hall–Kier alpha value is -2.37. The summed E-state index contributed by atoms with van der Waals surface area (Å²) < 4.78 is 5.41. The molecule has 1 saturated heterocycles. The molecule has 3 atom stereocenters. The number of aliphatic carboxylic acids is 1. The van der Waals surface area contributed by atoms with Crippen molar-refractivity contribution in [1.82, 2.24) is 15.5 Å². The van der Waals surface area contributed by atoms with Gasteiger partial charge in [-0.25, -0.2) is 0 Å². The highest BCUT2D eigenvalue weighted by molar-refractivity contribution is 5.97. The number of likely N-dealkylation sites (tertiary alicyclic amines) is 1. The molecule has 1 heterocycles. The van der Waals surface area contributed by atoms with E-state index >= 15 is 0 Å². The van der Waals surface area contributed by atoms with Crippen molar-refractivity contribution in [1.29, 1.82) is 0 Å². The van der Waals surface area contributed by atoms with E-state index in [-0.39, 0.29) is 30.3 Å². The van der Waals surface area contributed by atoms with Crippen LogP contribution >= 0.6 is 0 Å². The summed E-state index contributed by atoms with van der Waals surface area (Å²) in [6.07, 6.45) is 2.76. The van der Waals surface area contributed by atoms with Crippen molar-refractivity contribution >= 4 is 29.4 Å². The molecular formula is C28H50N4O7. The molecule has 0 aromatic heterocycles. The van der Waals surface area contributed by atoms with Crippen molar-refractivity contribution in [3.05, 3.63) is 0 Å². The molecule has 0 aliphatic carbocycles. The SMILES string of the molecule is CC(=O)N1CCCC1C(=O)C(C)(C)NC(CCC(=O)OC(C)(C)C)C(=O)C(C)(C)NC(CCCCN)C(=O)O. The number of unbranched alkanes of at least 4 members (excludes halogenated alkanes) is 1. The topological polar surface area (TPSA) is 168 Å². The van der Waals surface area contributed by atoms with E-state index in [2.05, 4.69) is 10.6 Å². The molecule has 224 valence electrons. The van der Waals surface area contributed by atoms with Crippen LogP contribution in [0.2, 0.25) is 0 Å². The van der Waals surface area contributed by atoms with Crippen LogP contribution in [0.1, 0.15) is 100 Å². The molecule has 39 heavy (non-hydrogen) atoms. The molecule has 11 nitrogen and oxygen atoms in total. The van der Waals surface area contributed by atoms with E-state index in [0.717, 1.165) is 0 Å². The van der Waals surface area contributed by atoms with E-state index in [1.165, 1.54) is 6.92 Å². The minimum absolute atomic E-state index is 0.0432. The third-order valence-corrected chi connectivity index (χ3v) is 6.88. The van der Waals surface area contributed by atoms with E-state index in [4.69, 9.17) is 10.5 Å². The van der Waals surface area contributed by atoms with Gasteiger partial charge in [0.2, 0.25) is 5.91 Å². The Kier molecular flexibility index (Phi) is 12.7. The number of hydrogen-bond acceptors (Lipinski definition) is 9. The Morgan fingerprint density at radius 1 is 0.949 bits per heavy atom. The number of esters is 1. The predicted molar refractivity (Wildman–Crippen MR) is 148 cm³/mol. The van der Waals surface area contributed by atoms with E-state index in [9.17, 15) is 29.1 Å². The van der Waals surface area contributed by atoms with Gasteiger partial charge in [0.25, 0.3) is 0 Å². The van der Waals surface area contributed by atoms with Gasteiger partial charge in [0.15, 0.2) is 11.6 Å². The number of Topliss-reactive ketones (excluding diaryl/α,β-unsaturated/α-hetero) is 2. The zero-order valence-electron chi connectivity index (χ0n) is 25.0. The monoisotopic (exact) mass is 554 g/mol. The molecule has 0 bridgehead atoms. The molecule has 0 saturated carbocycles. The molecule has 1 aliphatic heterocycles. The van der Waals surface area contributed by atoms with Gasteiger partial charge in [0, 0.05) is 19.9 Å². The molecule has 1 rings (SSSR count). The number of carboxylic acids is 1. The maximum Gasteiger partial charge on any atom is 0.320 e. The summed E-state index contributed by atoms with van der Waals surface area (Å²) in [5.74, 6) is -2.35. The van der Waals surface area contributed by atoms with Crippen LogP contribution in [0.4, 0.5) is 0 Å². The van der Waals surface area contributed by atoms with Crippen molar-refractivity contribution in [2.75, 3.05) is 13.1 Å². The van der Waals surface area contributed by atoms with Gasteiger partial charge in [-0.3, -0.25) is 34.6 Å². The van der Waals surface area contributed by atoms with Crippen LogP contribution in [0.15, 0.2) is 0 Å². The van der Waals surface area contributed by atoms with Gasteiger partial charge >= 0.3 is 11.9 Å². The first kappa shape index (κ1) is 34.7. The second-order valence-corrected chi connectivity index (χ2v) is 12.5. The van der Waals surface area contributed by atoms with Crippen molar-refractivity contribution in [3.63, 3.8) is 0 Å². The predicted octanol–water partition coefficient (Wildman–Crippen LogP) is 1.94. The second kappa shape index (κ2) is 14.3. The Morgan fingerprint density at radius 2 is 1.54 bits per heavy atom. The molecular weight excluding hydrogens is 504 g/mol. The maximum atomic E-state index is 13.9. The lowest BCUT2D eigenvalue weighted by Crippen LogP contribution is -2.64. The third-order valence-electron chi connectivity index (χ3n) is 6.88. The molecule has 11 heteroatoms. The summed E-state index contributed by atoms with van der Waals surface area (Å²) in [6, 6.07) is -2.54. The smallest absolute Gasteiger partial charge is 0.320 e. The number of carbonyl (C=O) groups is 5. The van der Waals surface area contributed by atoms with Crippen molar-refractivity contribution < 1.29 is 33.8 Å². The van der Waals surface area contributed by atoms with E-state index in [0.29, 0.717) is 45.2 Å². The van der Waals surface area contributed by atoms with Crippen LogP contribution in [0.25, 0.3) is 0 Å². The minimum Gasteiger partial charge on any atom is -0.480 e. The number of ether oxygens (including phenoxy) is 1. The van der Waals surface area contributed by atoms with Crippen LogP contribution in [-0.2, 0) is 28.7 Å². The van der Waals surface area contributed by atoms with Gasteiger partial charge in [0.05, 0.1) is 23.2 Å². The number of carbonyl (C=O) groups excluding carboxylic acids is 4. The molecule has 1 fully saturated rings. The van der Waals surface area contributed by atoms with E-state index in [1.54, 1.807) is 53.4 Å². The highest BCUT2D eigenvalue weighted by Crippen LogP contribution is 2.25. The number of hydrogen-bond donors (Lipinski definition) is 4. The Morgan fingerprint density at radius 3 is 2.05 bits per heavy atom. The summed E-state index contributed by atoms with van der Waals surface area (Å²) in [5, 5.41) is 15.9. The molecule has 5 N–H and O–H groups in total. The largest absolute Gasteiger partial charge is 0.480 e. The number of nitrogens with zero attached hydrogens (tertiary/aromatic N) is 1. The Balaban J connectivity index is 3.20. The van der Waals surface area contributed by atoms with Gasteiger partial charge in [0.1, 0.15) is 11.6 Å². The van der Waals surface area contributed by atoms with Crippen LogP contribution in [-0.4, -0.2) is 87.3 Å². The average Bonchev–Trinajstić information content (AvgIpc) is 3.29. The zero-order chi connectivity index (χ0) is 30.2. The molecule has 1 aliphatic rings. The normalized spacial score (nSPS) is 18.0. The van der Waals surface area contributed by atoms with Gasteiger partial charge < -0.3 is 20.5 Å². The van der Waals surface area contributed by atoms with Crippen LogP contribution in [0, 0.1) is 0 Å². The van der Waals surface area contributed by atoms with Crippen LogP contribution in [0.3, 0.4) is 0 Å². The first-order valence-electron chi connectivity index (χ1n) is 13.9. The fraction of sp³-hybridized carbons (Fsp3) is 0.821. The lowest BCUT2D eigenvalue weighted by molar-refractivity contribution is -0.155. The fourth-order valence-corrected chi connectivity index (χ4v) is 4.96. The fourth-order valence-electron chi connectivity index (χ4n) is 4.96. The molecule has 0 aromatic carbocycles. The lowest BCUT2D eigenvalue weighted by atomic mass is 9.85. The summed E-state index contributed by atoms with van der Waals surface area (Å²) in [7, 11) is 0. The zero-order valence-corrected chi connectivity index (χ0v) is 25.0. The number of carboxylic acid groups (broad SMARTS) is 1. The standard InChI is InChI=1S/C28H50N4O7/c1-18(33)32-17-11-13-21(32)24(36)28(7,8)30-19(14-15-22(34)39-26(2,3)4)23(35)27(5,6)31-20(25(37)38)12-9-10-16-29/h19-21,30-31H,9-17,29H2,1-8H3,(H,37,38). The summed E-state index contributed by atoms with van der Waals surface area (Å²) in [5.41, 5.74) is 2.34. The number of ketones is 2. The number of nitrogens with two attached hydrogens (primary N) is 1. The van der Waals surface area contributed by atoms with Gasteiger partial charge in [-0.2, -0.15) is 0 Å². The first-order valence-corrected chi connectivity index (χ1v) is 13.9. The highest BCUT2D eigenvalue weighted by Gasteiger charge is 2.44. The van der Waals surface area contributed by atoms with Gasteiger partial charge in [-0.1, -0.05) is 6.42 Å². The number of amides is 1. The van der Waals surface area contributed by atoms with Gasteiger partial charge in [-0.15, -0.1) is 0 Å². The van der Waals surface area contributed by atoms with Crippen molar-refractivity contribution in [2.24, 2.45) is 5.73 Å². The van der Waals surface area contributed by atoms with Crippen LogP contribution in [0.5, 0.6) is 0 Å². The van der Waals surface area contributed by atoms with E-state index in [1.807, 2.05) is 0 Å².